The molecule has 0 saturated heterocycles. The first-order valence-corrected chi connectivity index (χ1v) is 8.32. The van der Waals surface area contributed by atoms with E-state index in [1.54, 1.807) is 37.4 Å². The van der Waals surface area contributed by atoms with Gasteiger partial charge in [0.25, 0.3) is 0 Å². The van der Waals surface area contributed by atoms with Gasteiger partial charge in [0.2, 0.25) is 0 Å². The van der Waals surface area contributed by atoms with Crippen molar-refractivity contribution in [3.05, 3.63) is 72.3 Å². The molecule has 0 amide bonds. The lowest BCUT2D eigenvalue weighted by Crippen LogP contribution is -2.08. The third-order valence-electron chi connectivity index (χ3n) is 4.08. The highest BCUT2D eigenvalue weighted by Crippen LogP contribution is 2.28. The molecule has 0 heterocycles. The molecule has 5 heteroatoms. The number of carbonyl (C=O) groups is 1. The van der Waals surface area contributed by atoms with Gasteiger partial charge in [-0.3, -0.25) is 0 Å². The Kier molecular flexibility index (Phi) is 5.61. The number of esters is 1. The minimum Gasteiger partial charge on any atom is -0.497 e. The summed E-state index contributed by atoms with van der Waals surface area (Å²) in [6.45, 7) is 0. The summed E-state index contributed by atoms with van der Waals surface area (Å²) in [6, 6.07) is 19.9. The van der Waals surface area contributed by atoms with Crippen LogP contribution in [0.5, 0.6) is 23.0 Å². The average Bonchev–Trinajstić information content (AvgIpc) is 2.73. The van der Waals surface area contributed by atoms with Gasteiger partial charge in [-0.05, 0) is 35.4 Å². The Morgan fingerprint density at radius 3 is 1.52 bits per heavy atom. The van der Waals surface area contributed by atoms with Crippen molar-refractivity contribution in [2.24, 2.45) is 0 Å². The van der Waals surface area contributed by atoms with E-state index in [9.17, 15) is 4.79 Å². The first-order valence-electron chi connectivity index (χ1n) is 8.32. The maximum absolute atomic E-state index is 12.4. The Morgan fingerprint density at radius 1 is 0.593 bits per heavy atom. The van der Waals surface area contributed by atoms with E-state index in [-0.39, 0.29) is 0 Å². The minimum atomic E-state index is -0.452. The van der Waals surface area contributed by atoms with E-state index in [0.717, 1.165) is 16.9 Å². The van der Waals surface area contributed by atoms with Gasteiger partial charge in [-0.15, -0.1) is 0 Å². The van der Waals surface area contributed by atoms with Crippen LogP contribution >= 0.6 is 0 Å². The topological polar surface area (TPSA) is 54.0 Å². The van der Waals surface area contributed by atoms with E-state index in [0.29, 0.717) is 22.8 Å². The summed E-state index contributed by atoms with van der Waals surface area (Å²) < 4.78 is 21.0. The predicted octanol–water partition coefficient (Wildman–Crippen LogP) is 4.60. The summed E-state index contributed by atoms with van der Waals surface area (Å²) in [5.41, 5.74) is 2.49. The standard InChI is InChI=1S/C22H20O5/c1-24-18-10-8-16(9-11-18)15-4-6-17(7-5-15)22(23)27-21-13-19(25-2)12-20(14-21)26-3/h4-14H,1-3H3. The molecule has 0 bridgehead atoms. The van der Waals surface area contributed by atoms with E-state index in [2.05, 4.69) is 0 Å². The third-order valence-corrected chi connectivity index (χ3v) is 4.08. The van der Waals surface area contributed by atoms with Gasteiger partial charge < -0.3 is 18.9 Å². The monoisotopic (exact) mass is 364 g/mol. The molecule has 0 atom stereocenters. The number of benzene rings is 3. The average molecular weight is 364 g/mol. The second-order valence-electron chi connectivity index (χ2n) is 5.74. The lowest BCUT2D eigenvalue weighted by atomic mass is 10.0. The summed E-state index contributed by atoms with van der Waals surface area (Å²) in [7, 11) is 4.71. The number of ether oxygens (including phenoxy) is 4. The van der Waals surface area contributed by atoms with Gasteiger partial charge in [0.05, 0.1) is 26.9 Å². The maximum Gasteiger partial charge on any atom is 0.343 e. The number of methoxy groups -OCH3 is 3. The van der Waals surface area contributed by atoms with Crippen LogP contribution in [0.15, 0.2) is 66.7 Å². The zero-order valence-electron chi connectivity index (χ0n) is 15.4. The van der Waals surface area contributed by atoms with Crippen LogP contribution in [-0.4, -0.2) is 27.3 Å². The van der Waals surface area contributed by atoms with Crippen LogP contribution in [0, 0.1) is 0 Å². The fourth-order valence-electron chi connectivity index (χ4n) is 2.59. The maximum atomic E-state index is 12.4. The zero-order chi connectivity index (χ0) is 19.2. The molecule has 138 valence electrons. The zero-order valence-corrected chi connectivity index (χ0v) is 15.4. The molecular weight excluding hydrogens is 344 g/mol. The summed E-state index contributed by atoms with van der Waals surface area (Å²) >= 11 is 0. The van der Waals surface area contributed by atoms with E-state index in [1.165, 1.54) is 14.2 Å². The molecule has 3 aromatic carbocycles. The molecule has 0 spiro atoms. The van der Waals surface area contributed by atoms with Gasteiger partial charge >= 0.3 is 5.97 Å². The van der Waals surface area contributed by atoms with Gasteiger partial charge in [-0.25, -0.2) is 4.79 Å². The van der Waals surface area contributed by atoms with Gasteiger partial charge in [0.15, 0.2) is 0 Å². The smallest absolute Gasteiger partial charge is 0.343 e. The van der Waals surface area contributed by atoms with Crippen molar-refractivity contribution in [1.29, 1.82) is 0 Å². The van der Waals surface area contributed by atoms with Crippen molar-refractivity contribution in [3.8, 4) is 34.1 Å². The largest absolute Gasteiger partial charge is 0.497 e. The quantitative estimate of drug-likeness (QED) is 0.473. The molecule has 0 aliphatic carbocycles. The van der Waals surface area contributed by atoms with Crippen LogP contribution in [0.2, 0.25) is 0 Å². The van der Waals surface area contributed by atoms with Crippen molar-refractivity contribution in [1.82, 2.24) is 0 Å². The van der Waals surface area contributed by atoms with Crippen molar-refractivity contribution >= 4 is 5.97 Å². The number of rotatable bonds is 6. The Labute approximate surface area is 158 Å². The fourth-order valence-corrected chi connectivity index (χ4v) is 2.59. The number of hydrogen-bond acceptors (Lipinski definition) is 5. The Bertz CT molecular complexity index is 892. The molecular formula is C22H20O5. The van der Waals surface area contributed by atoms with E-state index >= 15 is 0 Å². The molecule has 27 heavy (non-hydrogen) atoms. The van der Waals surface area contributed by atoms with Gasteiger partial charge in [-0.1, -0.05) is 24.3 Å². The van der Waals surface area contributed by atoms with Gasteiger partial charge in [-0.2, -0.15) is 0 Å². The first kappa shape index (κ1) is 18.3. The molecule has 5 nitrogen and oxygen atoms in total. The van der Waals surface area contributed by atoms with Crippen LogP contribution in [0.3, 0.4) is 0 Å². The van der Waals surface area contributed by atoms with Crippen LogP contribution in [0.1, 0.15) is 10.4 Å². The minimum absolute atomic E-state index is 0.357. The van der Waals surface area contributed by atoms with Gasteiger partial charge in [0.1, 0.15) is 23.0 Å². The second kappa shape index (κ2) is 8.27. The Hall–Kier alpha value is -3.47. The number of hydrogen-bond donors (Lipinski definition) is 0. The molecule has 0 aromatic heterocycles. The first-order chi connectivity index (χ1) is 13.1. The Morgan fingerprint density at radius 2 is 1.04 bits per heavy atom. The highest BCUT2D eigenvalue weighted by atomic mass is 16.5. The molecule has 0 N–H and O–H groups in total. The summed E-state index contributed by atoms with van der Waals surface area (Å²) in [5, 5.41) is 0. The second-order valence-corrected chi connectivity index (χ2v) is 5.74. The molecule has 0 saturated carbocycles. The van der Waals surface area contributed by atoms with Gasteiger partial charge in [0, 0.05) is 18.2 Å². The van der Waals surface area contributed by atoms with Crippen molar-refractivity contribution in [2.45, 2.75) is 0 Å². The number of carbonyl (C=O) groups excluding carboxylic acids is 1. The highest BCUT2D eigenvalue weighted by Gasteiger charge is 2.11. The molecule has 0 unspecified atom stereocenters. The molecule has 3 aromatic rings. The summed E-state index contributed by atoms with van der Waals surface area (Å²) in [4.78, 5) is 12.4. The third kappa shape index (κ3) is 4.39. The van der Waals surface area contributed by atoms with E-state index in [1.807, 2.05) is 36.4 Å². The lowest BCUT2D eigenvalue weighted by Gasteiger charge is -2.09. The lowest BCUT2D eigenvalue weighted by molar-refractivity contribution is 0.0734. The van der Waals surface area contributed by atoms with Crippen LogP contribution in [0.25, 0.3) is 11.1 Å². The van der Waals surface area contributed by atoms with Crippen LogP contribution in [-0.2, 0) is 0 Å². The SMILES string of the molecule is COc1ccc(-c2ccc(C(=O)Oc3cc(OC)cc(OC)c3)cc2)cc1. The molecule has 0 fully saturated rings. The normalized spacial score (nSPS) is 10.2. The van der Waals surface area contributed by atoms with E-state index < -0.39 is 5.97 Å². The van der Waals surface area contributed by atoms with Crippen LogP contribution in [0.4, 0.5) is 0 Å². The summed E-state index contributed by atoms with van der Waals surface area (Å²) in [5.74, 6) is 1.80. The van der Waals surface area contributed by atoms with E-state index in [4.69, 9.17) is 18.9 Å². The van der Waals surface area contributed by atoms with Crippen LogP contribution < -0.4 is 18.9 Å². The molecule has 0 radical (unpaired) electrons. The Balaban J connectivity index is 1.75. The highest BCUT2D eigenvalue weighted by molar-refractivity contribution is 5.91. The van der Waals surface area contributed by atoms with Crippen molar-refractivity contribution in [3.63, 3.8) is 0 Å². The molecule has 0 aliphatic rings. The van der Waals surface area contributed by atoms with Crippen molar-refractivity contribution in [2.75, 3.05) is 21.3 Å². The summed E-state index contributed by atoms with van der Waals surface area (Å²) in [6.07, 6.45) is 0. The fraction of sp³-hybridized carbons (Fsp3) is 0.136. The molecule has 3 rings (SSSR count). The van der Waals surface area contributed by atoms with Crippen molar-refractivity contribution < 1.29 is 23.7 Å². The predicted molar refractivity (Wildman–Crippen MR) is 103 cm³/mol. The molecule has 0 aliphatic heterocycles.